The third-order valence-corrected chi connectivity index (χ3v) is 9.85. The Labute approximate surface area is 248 Å². The summed E-state index contributed by atoms with van der Waals surface area (Å²) < 4.78 is 12.6. The molecule has 1 aliphatic carbocycles. The Morgan fingerprint density at radius 1 is 1.15 bits per heavy atom. The van der Waals surface area contributed by atoms with Crippen molar-refractivity contribution in [2.24, 2.45) is 0 Å². The molecule has 4 heterocycles. The van der Waals surface area contributed by atoms with Crippen molar-refractivity contribution in [3.63, 3.8) is 0 Å². The first-order chi connectivity index (χ1) is 19.9. The van der Waals surface area contributed by atoms with E-state index in [0.29, 0.717) is 38.3 Å². The predicted octanol–water partition coefficient (Wildman–Crippen LogP) is 6.86. The second-order valence-corrected chi connectivity index (χ2v) is 12.5. The molecule has 0 radical (unpaired) electrons. The summed E-state index contributed by atoms with van der Waals surface area (Å²) in [6.07, 6.45) is 4.04. The van der Waals surface area contributed by atoms with Crippen LogP contribution in [0.5, 0.6) is 0 Å². The maximum atomic E-state index is 13.9. The maximum Gasteiger partial charge on any atom is 0.341 e. The van der Waals surface area contributed by atoms with Crippen molar-refractivity contribution >= 4 is 61.5 Å². The van der Waals surface area contributed by atoms with E-state index < -0.39 is 5.97 Å². The van der Waals surface area contributed by atoms with Crippen LogP contribution in [-0.2, 0) is 22.4 Å². The number of anilines is 1. The van der Waals surface area contributed by atoms with Gasteiger partial charge < -0.3 is 14.5 Å². The fourth-order valence-corrected chi connectivity index (χ4v) is 8.07. The highest BCUT2D eigenvalue weighted by Gasteiger charge is 2.26. The summed E-state index contributed by atoms with van der Waals surface area (Å²) in [5.41, 5.74) is 2.54. The highest BCUT2D eigenvalue weighted by Crippen LogP contribution is 2.38. The molecule has 210 valence electrons. The zero-order chi connectivity index (χ0) is 28.5. The van der Waals surface area contributed by atoms with E-state index in [2.05, 4.69) is 5.32 Å². The molecule has 0 unspecified atom stereocenters. The Hall–Kier alpha value is -3.67. The molecule has 0 bridgehead atoms. The number of nitrogens with zero attached hydrogens (tertiary/aromatic N) is 2. The van der Waals surface area contributed by atoms with Gasteiger partial charge in [0, 0.05) is 15.8 Å². The van der Waals surface area contributed by atoms with Gasteiger partial charge >= 0.3 is 5.97 Å². The van der Waals surface area contributed by atoms with Crippen molar-refractivity contribution < 1.29 is 18.7 Å². The van der Waals surface area contributed by atoms with E-state index in [9.17, 15) is 14.4 Å². The number of amides is 1. The number of esters is 1. The Bertz CT molecular complexity index is 1820. The van der Waals surface area contributed by atoms with Gasteiger partial charge in [-0.05, 0) is 69.4 Å². The van der Waals surface area contributed by atoms with Crippen LogP contribution in [0.2, 0.25) is 0 Å². The Morgan fingerprint density at radius 2 is 1.95 bits per heavy atom. The summed E-state index contributed by atoms with van der Waals surface area (Å²) >= 11 is 4.01. The van der Waals surface area contributed by atoms with Crippen LogP contribution in [0, 0.1) is 6.92 Å². The Kier molecular flexibility index (Phi) is 7.83. The molecule has 1 aromatic carbocycles. The summed E-state index contributed by atoms with van der Waals surface area (Å²) in [7, 11) is 0. The topological polar surface area (TPSA) is 103 Å². The van der Waals surface area contributed by atoms with Crippen molar-refractivity contribution in [2.75, 3.05) is 17.7 Å². The van der Waals surface area contributed by atoms with Crippen LogP contribution < -0.4 is 10.9 Å². The number of thioether (sulfide) groups is 1. The van der Waals surface area contributed by atoms with Gasteiger partial charge in [0.25, 0.3) is 5.56 Å². The summed E-state index contributed by atoms with van der Waals surface area (Å²) in [4.78, 5) is 46.8. The summed E-state index contributed by atoms with van der Waals surface area (Å²) in [5, 5.41) is 6.17. The first-order valence-corrected chi connectivity index (χ1v) is 16.0. The number of aromatic nitrogens is 2. The number of fused-ring (bicyclic) bond motifs is 3. The molecule has 1 N–H and O–H groups in total. The number of thiophene rings is 2. The van der Waals surface area contributed by atoms with E-state index in [1.54, 1.807) is 34.3 Å². The number of hydrogen-bond donors (Lipinski definition) is 1. The van der Waals surface area contributed by atoms with Gasteiger partial charge in [-0.25, -0.2) is 9.78 Å². The minimum absolute atomic E-state index is 0.00870. The number of benzene rings is 1. The molecular weight excluding hydrogens is 579 g/mol. The van der Waals surface area contributed by atoms with Crippen molar-refractivity contribution in [1.29, 1.82) is 0 Å². The molecule has 6 rings (SSSR count). The highest BCUT2D eigenvalue weighted by molar-refractivity contribution is 7.99. The zero-order valence-corrected chi connectivity index (χ0v) is 25.0. The molecule has 1 amide bonds. The van der Waals surface area contributed by atoms with E-state index >= 15 is 0 Å². The van der Waals surface area contributed by atoms with Crippen LogP contribution >= 0.6 is 34.4 Å². The van der Waals surface area contributed by atoms with Crippen LogP contribution in [0.1, 0.15) is 46.3 Å². The quantitative estimate of drug-likeness (QED) is 0.117. The molecule has 0 atom stereocenters. The van der Waals surface area contributed by atoms with Gasteiger partial charge in [-0.3, -0.25) is 14.2 Å². The summed E-state index contributed by atoms with van der Waals surface area (Å²) in [5.74, 6) is 0.366. The monoisotopic (exact) mass is 605 g/mol. The second kappa shape index (κ2) is 11.7. The SMILES string of the molecule is CCOC(=O)c1c(-c2ccc(C)o2)csc1NC(=O)CSc1nc2sc3c(c2c(=O)n1-c1ccccc1)CCCC3. The van der Waals surface area contributed by atoms with Gasteiger partial charge in [-0.15, -0.1) is 22.7 Å². The number of carbonyl (C=O) groups is 2. The maximum absolute atomic E-state index is 13.9. The van der Waals surface area contributed by atoms with Gasteiger partial charge in [0.15, 0.2) is 5.16 Å². The normalized spacial score (nSPS) is 12.8. The first-order valence-electron chi connectivity index (χ1n) is 13.4. The van der Waals surface area contributed by atoms with E-state index in [-0.39, 0.29) is 29.4 Å². The third kappa shape index (κ3) is 5.37. The standard InChI is InChI=1S/C30H27N3O5S3/c1-3-37-29(36)25-20(21-14-13-17(2)38-21)15-39-26(25)31-23(34)16-40-30-32-27-24(19-11-7-8-12-22(19)41-27)28(35)33(30)18-9-5-4-6-10-18/h4-6,9-10,13-15H,3,7-8,11-12,16H2,1-2H3,(H,31,34). The fourth-order valence-electron chi connectivity index (χ4n) is 5.00. The smallest absolute Gasteiger partial charge is 0.341 e. The highest BCUT2D eigenvalue weighted by atomic mass is 32.2. The average Bonchev–Trinajstić information content (AvgIpc) is 3.69. The molecular formula is C30H27N3O5S3. The van der Waals surface area contributed by atoms with Crippen molar-refractivity contribution in [3.05, 3.63) is 80.0 Å². The van der Waals surface area contributed by atoms with Crippen LogP contribution in [-0.4, -0.2) is 33.8 Å². The van der Waals surface area contributed by atoms with Gasteiger partial charge in [0.1, 0.15) is 26.9 Å². The Morgan fingerprint density at radius 3 is 2.71 bits per heavy atom. The average molecular weight is 606 g/mol. The van der Waals surface area contributed by atoms with Gasteiger partial charge in [0.05, 0.1) is 23.4 Å². The van der Waals surface area contributed by atoms with E-state index in [1.807, 2.05) is 43.3 Å². The van der Waals surface area contributed by atoms with E-state index in [0.717, 1.165) is 36.1 Å². The molecule has 5 aromatic rings. The minimum atomic E-state index is -0.535. The zero-order valence-electron chi connectivity index (χ0n) is 22.5. The molecule has 0 spiro atoms. The van der Waals surface area contributed by atoms with Crippen molar-refractivity contribution in [2.45, 2.75) is 44.7 Å². The minimum Gasteiger partial charge on any atom is -0.462 e. The molecule has 0 aliphatic heterocycles. The lowest BCUT2D eigenvalue weighted by Crippen LogP contribution is -2.23. The molecule has 0 saturated carbocycles. The largest absolute Gasteiger partial charge is 0.462 e. The van der Waals surface area contributed by atoms with Gasteiger partial charge in [-0.2, -0.15) is 0 Å². The van der Waals surface area contributed by atoms with Crippen LogP contribution in [0.4, 0.5) is 5.00 Å². The number of furan rings is 1. The van der Waals surface area contributed by atoms with Gasteiger partial charge in [0.2, 0.25) is 5.91 Å². The first kappa shape index (κ1) is 27.5. The molecule has 8 nitrogen and oxygen atoms in total. The lowest BCUT2D eigenvalue weighted by molar-refractivity contribution is -0.113. The number of ether oxygens (including phenoxy) is 1. The molecule has 4 aromatic heterocycles. The molecule has 0 saturated heterocycles. The van der Waals surface area contributed by atoms with Crippen LogP contribution in [0.3, 0.4) is 0 Å². The summed E-state index contributed by atoms with van der Waals surface area (Å²) in [6, 6.07) is 13.0. The predicted molar refractivity (Wildman–Crippen MR) is 164 cm³/mol. The Balaban J connectivity index is 1.31. The third-order valence-electron chi connectivity index (χ3n) is 6.83. The fraction of sp³-hybridized carbons (Fsp3) is 0.267. The number of para-hydroxylation sites is 1. The van der Waals surface area contributed by atoms with Gasteiger partial charge in [-0.1, -0.05) is 30.0 Å². The number of nitrogens with one attached hydrogen (secondary N) is 1. The van der Waals surface area contributed by atoms with E-state index in [1.165, 1.54) is 28.0 Å². The second-order valence-electron chi connectivity index (χ2n) is 9.58. The molecule has 1 aliphatic rings. The molecule has 11 heteroatoms. The number of rotatable bonds is 8. The van der Waals surface area contributed by atoms with Crippen LogP contribution in [0.15, 0.2) is 62.2 Å². The van der Waals surface area contributed by atoms with Crippen molar-refractivity contribution in [3.8, 4) is 17.0 Å². The van der Waals surface area contributed by atoms with Crippen molar-refractivity contribution in [1.82, 2.24) is 9.55 Å². The van der Waals surface area contributed by atoms with Crippen LogP contribution in [0.25, 0.3) is 27.2 Å². The lowest BCUT2D eigenvalue weighted by Gasteiger charge is -2.13. The lowest BCUT2D eigenvalue weighted by atomic mass is 9.97. The number of hydrogen-bond acceptors (Lipinski definition) is 9. The molecule has 0 fully saturated rings. The number of aryl methyl sites for hydroxylation is 3. The number of carbonyl (C=O) groups excluding carboxylic acids is 2. The molecule has 41 heavy (non-hydrogen) atoms. The summed E-state index contributed by atoms with van der Waals surface area (Å²) in [6.45, 7) is 3.76. The van der Waals surface area contributed by atoms with E-state index in [4.69, 9.17) is 14.1 Å².